The van der Waals surface area contributed by atoms with Crippen LogP contribution in [0.25, 0.3) is 0 Å². The van der Waals surface area contributed by atoms with E-state index in [1.54, 1.807) is 30.3 Å². The topological polar surface area (TPSA) is 151 Å². The molecule has 0 spiro atoms. The molecule has 0 aliphatic carbocycles. The number of benzene rings is 1. The van der Waals surface area contributed by atoms with Crippen molar-refractivity contribution >= 4 is 36.3 Å². The number of carboxylic acids is 1. The Morgan fingerprint density at radius 3 is 2.23 bits per heavy atom. The van der Waals surface area contributed by atoms with Crippen molar-refractivity contribution in [2.45, 2.75) is 44.8 Å². The summed E-state index contributed by atoms with van der Waals surface area (Å²) >= 11 is 4.05. The van der Waals surface area contributed by atoms with Crippen molar-refractivity contribution in [3.8, 4) is 0 Å². The van der Waals surface area contributed by atoms with Crippen LogP contribution in [0.1, 0.15) is 25.8 Å². The Bertz CT molecular complexity index is 731. The number of rotatable bonds is 12. The largest absolute Gasteiger partial charge is 0.480 e. The Kier molecular flexibility index (Phi) is 10.9. The Morgan fingerprint density at radius 1 is 1.07 bits per heavy atom. The van der Waals surface area contributed by atoms with Gasteiger partial charge in [-0.25, -0.2) is 4.79 Å². The van der Waals surface area contributed by atoms with Crippen LogP contribution < -0.4 is 21.7 Å². The highest BCUT2D eigenvalue weighted by Crippen LogP contribution is 2.05. The first-order chi connectivity index (χ1) is 14.2. The van der Waals surface area contributed by atoms with Gasteiger partial charge < -0.3 is 26.8 Å². The van der Waals surface area contributed by atoms with Gasteiger partial charge in [0.05, 0.1) is 12.6 Å². The van der Waals surface area contributed by atoms with Crippen LogP contribution >= 0.6 is 12.6 Å². The normalized spacial score (nSPS) is 14.7. The molecule has 10 heteroatoms. The van der Waals surface area contributed by atoms with Gasteiger partial charge in [0.2, 0.25) is 17.7 Å². The molecule has 0 radical (unpaired) electrons. The first-order valence-corrected chi connectivity index (χ1v) is 10.3. The number of hydrogen-bond acceptors (Lipinski definition) is 6. The van der Waals surface area contributed by atoms with Gasteiger partial charge in [0, 0.05) is 12.2 Å². The fourth-order valence-corrected chi connectivity index (χ4v) is 2.82. The summed E-state index contributed by atoms with van der Waals surface area (Å²) in [7, 11) is 0. The van der Waals surface area contributed by atoms with Gasteiger partial charge in [0.15, 0.2) is 0 Å². The third-order valence-corrected chi connectivity index (χ3v) is 5.08. The molecule has 166 valence electrons. The molecule has 0 fully saturated rings. The highest BCUT2D eigenvalue weighted by Gasteiger charge is 2.26. The second-order valence-corrected chi connectivity index (χ2v) is 7.39. The number of nitrogens with one attached hydrogen (secondary N) is 3. The van der Waals surface area contributed by atoms with Crippen LogP contribution in [0.3, 0.4) is 0 Å². The minimum atomic E-state index is -1.19. The number of nitrogens with two attached hydrogens (primary N) is 1. The molecular formula is C20H30N4O5S. The van der Waals surface area contributed by atoms with Gasteiger partial charge in [-0.2, -0.15) is 12.6 Å². The molecule has 1 rings (SSSR count). The predicted molar refractivity (Wildman–Crippen MR) is 116 cm³/mol. The summed E-state index contributed by atoms with van der Waals surface area (Å²) in [6.07, 6.45) is 0.815. The van der Waals surface area contributed by atoms with Crippen molar-refractivity contribution in [3.63, 3.8) is 0 Å². The number of thiol groups is 1. The molecule has 0 aliphatic rings. The minimum Gasteiger partial charge on any atom is -0.480 e. The molecule has 4 unspecified atom stereocenters. The zero-order valence-electron chi connectivity index (χ0n) is 17.1. The highest BCUT2D eigenvalue weighted by atomic mass is 32.1. The summed E-state index contributed by atoms with van der Waals surface area (Å²) in [6.45, 7) is 3.38. The Balaban J connectivity index is 2.60. The Morgan fingerprint density at radius 2 is 1.70 bits per heavy atom. The number of carbonyl (C=O) groups excluding carboxylic acids is 3. The maximum Gasteiger partial charge on any atom is 0.326 e. The van der Waals surface area contributed by atoms with Gasteiger partial charge in [-0.3, -0.25) is 14.4 Å². The molecular weight excluding hydrogens is 408 g/mol. The van der Waals surface area contributed by atoms with E-state index in [0.717, 1.165) is 12.0 Å². The van der Waals surface area contributed by atoms with E-state index < -0.39 is 41.8 Å². The number of carboxylic acid groups (broad SMARTS) is 1. The van der Waals surface area contributed by atoms with E-state index in [4.69, 9.17) is 5.73 Å². The SMILES string of the molecule is CCC(C)C(N)C(=O)NCC(=O)NC(CS)C(=O)NC(Cc1ccccc1)C(=O)O. The summed E-state index contributed by atoms with van der Waals surface area (Å²) in [6, 6.07) is 5.91. The molecule has 0 saturated carbocycles. The minimum absolute atomic E-state index is 0.0402. The predicted octanol–water partition coefficient (Wildman–Crippen LogP) is -0.297. The Hall–Kier alpha value is -2.59. The first-order valence-electron chi connectivity index (χ1n) is 9.70. The van der Waals surface area contributed by atoms with Gasteiger partial charge in [0.1, 0.15) is 12.1 Å². The summed E-state index contributed by atoms with van der Waals surface area (Å²) in [5.41, 5.74) is 6.55. The zero-order valence-corrected chi connectivity index (χ0v) is 18.0. The first kappa shape index (κ1) is 25.4. The van der Waals surface area contributed by atoms with Crippen LogP contribution in [0.4, 0.5) is 0 Å². The average molecular weight is 439 g/mol. The Labute approximate surface area is 181 Å². The van der Waals surface area contributed by atoms with Crippen molar-refractivity contribution in [1.29, 1.82) is 0 Å². The molecule has 0 aliphatic heterocycles. The van der Waals surface area contributed by atoms with E-state index in [9.17, 15) is 24.3 Å². The van der Waals surface area contributed by atoms with Crippen molar-refractivity contribution in [1.82, 2.24) is 16.0 Å². The van der Waals surface area contributed by atoms with Gasteiger partial charge in [-0.1, -0.05) is 50.6 Å². The van der Waals surface area contributed by atoms with Crippen LogP contribution in [0.15, 0.2) is 30.3 Å². The molecule has 9 nitrogen and oxygen atoms in total. The number of amides is 3. The molecule has 30 heavy (non-hydrogen) atoms. The van der Waals surface area contributed by atoms with Crippen LogP contribution in [0, 0.1) is 5.92 Å². The third-order valence-electron chi connectivity index (χ3n) is 4.71. The number of aliphatic carboxylic acids is 1. The van der Waals surface area contributed by atoms with E-state index in [1.165, 1.54) is 0 Å². The summed E-state index contributed by atoms with van der Waals surface area (Å²) in [5.74, 6) is -3.02. The van der Waals surface area contributed by atoms with Gasteiger partial charge >= 0.3 is 5.97 Å². The van der Waals surface area contributed by atoms with Crippen LogP contribution in [0.2, 0.25) is 0 Å². The van der Waals surface area contributed by atoms with E-state index in [-0.39, 0.29) is 24.6 Å². The standard InChI is InChI=1S/C20H30N4O5S/c1-3-12(2)17(21)19(27)22-10-16(25)23-15(11-30)18(26)24-14(20(28)29)9-13-7-5-4-6-8-13/h4-8,12,14-15,17,30H,3,9-11,21H2,1-2H3,(H,22,27)(H,23,25)(H,24,26)(H,28,29). The molecule has 0 aromatic heterocycles. The molecule has 3 amide bonds. The maximum absolute atomic E-state index is 12.4. The monoisotopic (exact) mass is 438 g/mol. The fraction of sp³-hybridized carbons (Fsp3) is 0.500. The molecule has 0 saturated heterocycles. The van der Waals surface area contributed by atoms with E-state index in [0.29, 0.717) is 0 Å². The second kappa shape index (κ2) is 12.9. The third kappa shape index (κ3) is 8.42. The van der Waals surface area contributed by atoms with Crippen molar-refractivity contribution in [3.05, 3.63) is 35.9 Å². The molecule has 0 heterocycles. The lowest BCUT2D eigenvalue weighted by atomic mass is 9.99. The van der Waals surface area contributed by atoms with Crippen molar-refractivity contribution in [2.24, 2.45) is 11.7 Å². The smallest absolute Gasteiger partial charge is 0.326 e. The zero-order chi connectivity index (χ0) is 22.7. The fourth-order valence-electron chi connectivity index (χ4n) is 2.56. The summed E-state index contributed by atoms with van der Waals surface area (Å²) in [4.78, 5) is 48.0. The van der Waals surface area contributed by atoms with Crippen LogP contribution in [-0.2, 0) is 25.6 Å². The molecule has 6 N–H and O–H groups in total. The summed E-state index contributed by atoms with van der Waals surface area (Å²) in [5, 5.41) is 16.7. The number of hydrogen-bond donors (Lipinski definition) is 6. The molecule has 0 bridgehead atoms. The van der Waals surface area contributed by atoms with E-state index in [1.807, 2.05) is 13.8 Å². The van der Waals surface area contributed by atoms with Crippen molar-refractivity contribution < 1.29 is 24.3 Å². The molecule has 4 atom stereocenters. The molecule has 1 aromatic carbocycles. The summed E-state index contributed by atoms with van der Waals surface area (Å²) < 4.78 is 0. The van der Waals surface area contributed by atoms with E-state index >= 15 is 0 Å². The second-order valence-electron chi connectivity index (χ2n) is 7.02. The lowest BCUT2D eigenvalue weighted by Crippen LogP contribution is -2.55. The van der Waals surface area contributed by atoms with Gasteiger partial charge in [0.25, 0.3) is 0 Å². The van der Waals surface area contributed by atoms with Crippen LogP contribution in [-0.4, -0.2) is 59.2 Å². The van der Waals surface area contributed by atoms with Crippen molar-refractivity contribution in [2.75, 3.05) is 12.3 Å². The molecule has 1 aromatic rings. The highest BCUT2D eigenvalue weighted by molar-refractivity contribution is 7.80. The average Bonchev–Trinajstić information content (AvgIpc) is 2.74. The maximum atomic E-state index is 12.4. The van der Waals surface area contributed by atoms with Crippen LogP contribution in [0.5, 0.6) is 0 Å². The van der Waals surface area contributed by atoms with E-state index in [2.05, 4.69) is 28.6 Å². The van der Waals surface area contributed by atoms with Gasteiger partial charge in [-0.05, 0) is 11.5 Å². The van der Waals surface area contributed by atoms with Gasteiger partial charge in [-0.15, -0.1) is 0 Å². The quantitative estimate of drug-likeness (QED) is 0.247. The lowest BCUT2D eigenvalue weighted by Gasteiger charge is -2.21. The number of carbonyl (C=O) groups is 4. The lowest BCUT2D eigenvalue weighted by molar-refractivity contribution is -0.142.